The standard InChI is InChI=1S/C23H19ClFN3O2/c1-14-11-17(15(2)28(14)21-10-6-4-8-18(21)24)12-20-22(29)27(23(30)26-20)13-16-7-3-5-9-19(16)25/h3-12H,13H2,1-2H3,(H,26,30)/b20-12+. The average molecular weight is 424 g/mol. The Balaban J connectivity index is 1.66. The molecule has 30 heavy (non-hydrogen) atoms. The van der Waals surface area contributed by atoms with E-state index in [-0.39, 0.29) is 17.8 Å². The molecule has 0 saturated carbocycles. The Morgan fingerprint density at radius 2 is 1.77 bits per heavy atom. The van der Waals surface area contributed by atoms with Gasteiger partial charge in [0.1, 0.15) is 11.5 Å². The Morgan fingerprint density at radius 3 is 2.50 bits per heavy atom. The van der Waals surface area contributed by atoms with E-state index in [0.717, 1.165) is 27.5 Å². The summed E-state index contributed by atoms with van der Waals surface area (Å²) in [5, 5.41) is 3.20. The van der Waals surface area contributed by atoms with Crippen LogP contribution in [0.5, 0.6) is 0 Å². The normalized spacial score (nSPS) is 15.2. The summed E-state index contributed by atoms with van der Waals surface area (Å²) in [7, 11) is 0. The van der Waals surface area contributed by atoms with Gasteiger partial charge >= 0.3 is 6.03 Å². The van der Waals surface area contributed by atoms with Gasteiger partial charge in [0.15, 0.2) is 0 Å². The summed E-state index contributed by atoms with van der Waals surface area (Å²) in [4.78, 5) is 26.1. The van der Waals surface area contributed by atoms with Crippen LogP contribution in [0.1, 0.15) is 22.5 Å². The minimum absolute atomic E-state index is 0.132. The Morgan fingerprint density at radius 1 is 1.07 bits per heavy atom. The third kappa shape index (κ3) is 3.50. The fraction of sp³-hybridized carbons (Fsp3) is 0.130. The number of aryl methyl sites for hydroxylation is 1. The molecule has 1 saturated heterocycles. The van der Waals surface area contributed by atoms with E-state index < -0.39 is 17.8 Å². The molecular weight excluding hydrogens is 405 g/mol. The molecule has 3 aromatic rings. The van der Waals surface area contributed by atoms with E-state index in [1.165, 1.54) is 6.07 Å². The first-order chi connectivity index (χ1) is 14.4. The number of para-hydroxylation sites is 1. The number of carbonyl (C=O) groups is 2. The molecule has 152 valence electrons. The van der Waals surface area contributed by atoms with Gasteiger partial charge in [-0.05, 0) is 49.8 Å². The summed E-state index contributed by atoms with van der Waals surface area (Å²) >= 11 is 6.35. The van der Waals surface area contributed by atoms with Gasteiger partial charge in [0.25, 0.3) is 5.91 Å². The maximum absolute atomic E-state index is 13.9. The highest BCUT2D eigenvalue weighted by Gasteiger charge is 2.34. The third-order valence-corrected chi connectivity index (χ3v) is 5.43. The summed E-state index contributed by atoms with van der Waals surface area (Å²) < 4.78 is 15.9. The zero-order valence-electron chi connectivity index (χ0n) is 16.4. The molecular formula is C23H19ClFN3O2. The molecule has 0 radical (unpaired) electrons. The SMILES string of the molecule is Cc1cc(/C=C2/NC(=O)N(Cc3ccccc3F)C2=O)c(C)n1-c1ccccc1Cl. The molecule has 3 amide bonds. The van der Waals surface area contributed by atoms with Crippen LogP contribution < -0.4 is 5.32 Å². The van der Waals surface area contributed by atoms with Gasteiger partial charge in [-0.1, -0.05) is 41.9 Å². The van der Waals surface area contributed by atoms with Crippen LogP contribution in [-0.4, -0.2) is 21.4 Å². The van der Waals surface area contributed by atoms with Crippen molar-refractivity contribution in [1.82, 2.24) is 14.8 Å². The Labute approximate surface area is 178 Å². The van der Waals surface area contributed by atoms with E-state index >= 15 is 0 Å². The van der Waals surface area contributed by atoms with Crippen LogP contribution in [0.25, 0.3) is 11.8 Å². The highest BCUT2D eigenvalue weighted by atomic mass is 35.5. The summed E-state index contributed by atoms with van der Waals surface area (Å²) in [5.74, 6) is -0.954. The van der Waals surface area contributed by atoms with Crippen LogP contribution in [-0.2, 0) is 11.3 Å². The molecule has 0 unspecified atom stereocenters. The van der Waals surface area contributed by atoms with Crippen LogP contribution in [0.4, 0.5) is 9.18 Å². The number of imide groups is 1. The van der Waals surface area contributed by atoms with Crippen molar-refractivity contribution in [3.8, 4) is 5.69 Å². The van der Waals surface area contributed by atoms with Crippen molar-refractivity contribution < 1.29 is 14.0 Å². The van der Waals surface area contributed by atoms with Gasteiger partial charge in [0.2, 0.25) is 0 Å². The number of nitrogens with one attached hydrogen (secondary N) is 1. The number of hydrogen-bond acceptors (Lipinski definition) is 2. The zero-order chi connectivity index (χ0) is 21.4. The molecule has 1 aliphatic rings. The number of amides is 3. The second-order valence-corrected chi connectivity index (χ2v) is 7.49. The van der Waals surface area contributed by atoms with Crippen molar-refractivity contribution in [3.63, 3.8) is 0 Å². The molecule has 7 heteroatoms. The number of hydrogen-bond donors (Lipinski definition) is 1. The minimum Gasteiger partial charge on any atom is -0.316 e. The van der Waals surface area contributed by atoms with Gasteiger partial charge in [-0.2, -0.15) is 0 Å². The molecule has 4 rings (SSSR count). The van der Waals surface area contributed by atoms with Crippen molar-refractivity contribution in [1.29, 1.82) is 0 Å². The Hall–Kier alpha value is -3.38. The summed E-state index contributed by atoms with van der Waals surface area (Å²) in [6, 6.07) is 14.9. The zero-order valence-corrected chi connectivity index (χ0v) is 17.2. The molecule has 0 atom stereocenters. The maximum Gasteiger partial charge on any atom is 0.329 e. The van der Waals surface area contributed by atoms with Crippen LogP contribution in [0, 0.1) is 19.7 Å². The van der Waals surface area contributed by atoms with E-state index in [4.69, 9.17) is 11.6 Å². The lowest BCUT2D eigenvalue weighted by atomic mass is 10.2. The van der Waals surface area contributed by atoms with Crippen molar-refractivity contribution in [2.24, 2.45) is 0 Å². The van der Waals surface area contributed by atoms with E-state index in [9.17, 15) is 14.0 Å². The fourth-order valence-corrected chi connectivity index (χ4v) is 3.83. The van der Waals surface area contributed by atoms with Gasteiger partial charge in [-0.25, -0.2) is 9.18 Å². The van der Waals surface area contributed by atoms with Crippen LogP contribution in [0.3, 0.4) is 0 Å². The molecule has 0 spiro atoms. The predicted molar refractivity (Wildman–Crippen MR) is 114 cm³/mol. The van der Waals surface area contributed by atoms with Crippen LogP contribution >= 0.6 is 11.6 Å². The van der Waals surface area contributed by atoms with Crippen molar-refractivity contribution in [2.45, 2.75) is 20.4 Å². The van der Waals surface area contributed by atoms with Gasteiger partial charge in [0.05, 0.1) is 17.3 Å². The van der Waals surface area contributed by atoms with Gasteiger partial charge < -0.3 is 9.88 Å². The molecule has 2 heterocycles. The first-order valence-corrected chi connectivity index (χ1v) is 9.76. The molecule has 0 bridgehead atoms. The van der Waals surface area contributed by atoms with Gasteiger partial charge in [-0.3, -0.25) is 9.69 Å². The van der Waals surface area contributed by atoms with Crippen molar-refractivity contribution in [2.75, 3.05) is 0 Å². The van der Waals surface area contributed by atoms with Gasteiger partial charge in [-0.15, -0.1) is 0 Å². The molecule has 2 aromatic carbocycles. The number of aromatic nitrogens is 1. The summed E-state index contributed by atoms with van der Waals surface area (Å²) in [6.07, 6.45) is 1.64. The molecule has 1 aliphatic heterocycles. The summed E-state index contributed by atoms with van der Waals surface area (Å²) in [6.45, 7) is 3.73. The smallest absolute Gasteiger partial charge is 0.316 e. The Kier molecular flexibility index (Phi) is 5.18. The number of carbonyl (C=O) groups excluding carboxylic acids is 2. The molecule has 1 fully saturated rings. The summed E-state index contributed by atoms with van der Waals surface area (Å²) in [5.41, 5.74) is 3.86. The number of benzene rings is 2. The van der Waals surface area contributed by atoms with E-state index in [0.29, 0.717) is 5.02 Å². The second-order valence-electron chi connectivity index (χ2n) is 7.08. The van der Waals surface area contributed by atoms with Crippen LogP contribution in [0.2, 0.25) is 5.02 Å². The Bertz CT molecular complexity index is 1200. The van der Waals surface area contributed by atoms with Gasteiger partial charge in [0, 0.05) is 17.0 Å². The molecule has 1 N–H and O–H groups in total. The van der Waals surface area contributed by atoms with E-state index in [1.807, 2.05) is 48.7 Å². The highest BCUT2D eigenvalue weighted by Crippen LogP contribution is 2.28. The lowest BCUT2D eigenvalue weighted by Crippen LogP contribution is -2.30. The maximum atomic E-state index is 13.9. The number of nitrogens with zero attached hydrogens (tertiary/aromatic N) is 2. The monoisotopic (exact) mass is 423 g/mol. The third-order valence-electron chi connectivity index (χ3n) is 5.11. The largest absolute Gasteiger partial charge is 0.329 e. The molecule has 1 aromatic heterocycles. The van der Waals surface area contributed by atoms with E-state index in [2.05, 4.69) is 5.32 Å². The molecule has 5 nitrogen and oxygen atoms in total. The number of halogens is 2. The van der Waals surface area contributed by atoms with Crippen molar-refractivity contribution >= 4 is 29.6 Å². The predicted octanol–water partition coefficient (Wildman–Crippen LogP) is 4.98. The van der Waals surface area contributed by atoms with Crippen LogP contribution in [0.15, 0.2) is 60.3 Å². The second kappa shape index (κ2) is 7.80. The topological polar surface area (TPSA) is 54.3 Å². The number of rotatable bonds is 4. The lowest BCUT2D eigenvalue weighted by molar-refractivity contribution is -0.123. The fourth-order valence-electron chi connectivity index (χ4n) is 3.61. The van der Waals surface area contributed by atoms with E-state index in [1.54, 1.807) is 24.3 Å². The first-order valence-electron chi connectivity index (χ1n) is 9.38. The molecule has 0 aliphatic carbocycles. The average Bonchev–Trinajstić information content (AvgIpc) is 3.14. The number of urea groups is 1. The lowest BCUT2D eigenvalue weighted by Gasteiger charge is -2.12. The van der Waals surface area contributed by atoms with Crippen molar-refractivity contribution in [3.05, 3.63) is 93.6 Å². The first kappa shape index (κ1) is 19.9. The minimum atomic E-state index is -0.575. The quantitative estimate of drug-likeness (QED) is 0.475. The highest BCUT2D eigenvalue weighted by molar-refractivity contribution is 6.32.